The molecule has 2 aromatic rings. The van der Waals surface area contributed by atoms with E-state index in [1.54, 1.807) is 18.2 Å². The van der Waals surface area contributed by atoms with Crippen molar-refractivity contribution in [1.82, 2.24) is 9.55 Å². The maximum absolute atomic E-state index is 12.4. The van der Waals surface area contributed by atoms with Crippen LogP contribution in [0.25, 0.3) is 11.0 Å². The number of hydrogen-bond donors (Lipinski definition) is 0. The Hall–Kier alpha value is -1.43. The van der Waals surface area contributed by atoms with Crippen molar-refractivity contribution < 1.29 is 17.9 Å². The fourth-order valence-electron chi connectivity index (χ4n) is 2.09. The van der Waals surface area contributed by atoms with Gasteiger partial charge in [0.2, 0.25) is 0 Å². The van der Waals surface area contributed by atoms with E-state index >= 15 is 0 Å². The number of benzene rings is 1. The van der Waals surface area contributed by atoms with Gasteiger partial charge in [0, 0.05) is 6.54 Å². The van der Waals surface area contributed by atoms with Crippen LogP contribution < -0.4 is 4.74 Å². The molecule has 1 heterocycles. The normalized spacial score (nSPS) is 12.0. The number of imidazole rings is 1. The minimum atomic E-state index is -4.21. The number of ether oxygens (including phenoxy) is 1. The molecule has 116 valence electrons. The molecule has 0 fully saturated rings. The smallest absolute Gasteiger partial charge is 0.390 e. The highest BCUT2D eigenvalue weighted by Gasteiger charge is 2.27. The van der Waals surface area contributed by atoms with Gasteiger partial charge in [-0.25, -0.2) is 4.98 Å². The maximum Gasteiger partial charge on any atom is 0.390 e. The highest BCUT2D eigenvalue weighted by Crippen LogP contribution is 2.29. The Morgan fingerprint density at radius 1 is 1.33 bits per heavy atom. The zero-order valence-electron chi connectivity index (χ0n) is 11.6. The highest BCUT2D eigenvalue weighted by atomic mass is 35.5. The minimum Gasteiger partial charge on any atom is -0.491 e. The second kappa shape index (κ2) is 6.56. The van der Waals surface area contributed by atoms with Crippen molar-refractivity contribution in [3.8, 4) is 5.75 Å². The van der Waals surface area contributed by atoms with Gasteiger partial charge in [-0.2, -0.15) is 13.2 Å². The van der Waals surface area contributed by atoms with Crippen LogP contribution in [0.4, 0.5) is 13.2 Å². The summed E-state index contributed by atoms with van der Waals surface area (Å²) in [6.07, 6.45) is -4.29. The second-order valence-corrected chi connectivity index (χ2v) is 4.92. The average Bonchev–Trinajstić information content (AvgIpc) is 2.80. The van der Waals surface area contributed by atoms with Gasteiger partial charge in [0.1, 0.15) is 17.1 Å². The molecule has 0 unspecified atom stereocenters. The topological polar surface area (TPSA) is 27.1 Å². The molecule has 7 heteroatoms. The molecular weight excluding hydrogens is 305 g/mol. The summed E-state index contributed by atoms with van der Waals surface area (Å²) < 4.78 is 44.4. The van der Waals surface area contributed by atoms with E-state index < -0.39 is 12.6 Å². The Labute approximate surface area is 125 Å². The number of aromatic nitrogens is 2. The molecule has 21 heavy (non-hydrogen) atoms. The molecular formula is C14H16ClF3N2O. The molecule has 0 spiro atoms. The number of halogens is 4. The highest BCUT2D eigenvalue weighted by molar-refractivity contribution is 6.16. The van der Waals surface area contributed by atoms with Crippen molar-refractivity contribution in [2.75, 3.05) is 6.61 Å². The predicted molar refractivity (Wildman–Crippen MR) is 75.7 cm³/mol. The lowest BCUT2D eigenvalue weighted by atomic mass is 10.3. The molecule has 0 aliphatic heterocycles. The van der Waals surface area contributed by atoms with Crippen molar-refractivity contribution in [3.05, 3.63) is 24.0 Å². The first kappa shape index (κ1) is 15.9. The molecule has 0 radical (unpaired) electrons. The van der Waals surface area contributed by atoms with Crippen LogP contribution in [0.15, 0.2) is 18.2 Å². The standard InChI is InChI=1S/C14H16ClF3N2O/c1-2-8-21-11-5-3-4-10-13(11)19-12(9-15)20(10)7-6-14(16,17)18/h3-5H,2,6-9H2,1H3. The number of fused-ring (bicyclic) bond motifs is 1. The summed E-state index contributed by atoms with van der Waals surface area (Å²) in [5.41, 5.74) is 1.17. The molecule has 0 N–H and O–H groups in total. The summed E-state index contributed by atoms with van der Waals surface area (Å²) in [5, 5.41) is 0. The first-order chi connectivity index (χ1) is 9.96. The van der Waals surface area contributed by atoms with E-state index in [-0.39, 0.29) is 12.4 Å². The van der Waals surface area contributed by atoms with Crippen LogP contribution in [-0.2, 0) is 12.4 Å². The lowest BCUT2D eigenvalue weighted by molar-refractivity contribution is -0.136. The molecule has 0 amide bonds. The van der Waals surface area contributed by atoms with E-state index in [1.165, 1.54) is 4.57 Å². The monoisotopic (exact) mass is 320 g/mol. The quantitative estimate of drug-likeness (QED) is 0.732. The molecule has 3 nitrogen and oxygen atoms in total. The van der Waals surface area contributed by atoms with Crippen LogP contribution in [0.2, 0.25) is 0 Å². The summed E-state index contributed by atoms with van der Waals surface area (Å²) in [6.45, 7) is 2.32. The molecule has 2 rings (SSSR count). The summed E-state index contributed by atoms with van der Waals surface area (Å²) in [7, 11) is 0. The van der Waals surface area contributed by atoms with E-state index in [1.807, 2.05) is 6.92 Å². The number of para-hydroxylation sites is 1. The fraction of sp³-hybridized carbons (Fsp3) is 0.500. The second-order valence-electron chi connectivity index (χ2n) is 4.65. The van der Waals surface area contributed by atoms with Gasteiger partial charge in [-0.05, 0) is 18.6 Å². The molecule has 0 saturated heterocycles. The van der Waals surface area contributed by atoms with Crippen LogP contribution >= 0.6 is 11.6 Å². The number of alkyl halides is 4. The molecule has 1 aromatic heterocycles. The van der Waals surface area contributed by atoms with Crippen LogP contribution in [0.1, 0.15) is 25.6 Å². The van der Waals surface area contributed by atoms with Gasteiger partial charge in [0.25, 0.3) is 0 Å². The third-order valence-electron chi connectivity index (χ3n) is 3.02. The summed E-state index contributed by atoms with van der Waals surface area (Å²) in [6, 6.07) is 5.24. The third kappa shape index (κ3) is 3.81. The Morgan fingerprint density at radius 2 is 2.10 bits per heavy atom. The van der Waals surface area contributed by atoms with Gasteiger partial charge < -0.3 is 9.30 Å². The summed E-state index contributed by atoms with van der Waals surface area (Å²) in [5.74, 6) is 1.05. The molecule has 1 aromatic carbocycles. The van der Waals surface area contributed by atoms with Crippen LogP contribution in [0.5, 0.6) is 5.75 Å². The fourth-order valence-corrected chi connectivity index (χ4v) is 2.29. The Kier molecular flexibility index (Phi) is 4.98. The Balaban J connectivity index is 2.39. The molecule has 0 aliphatic rings. The van der Waals surface area contributed by atoms with Crippen LogP contribution in [0.3, 0.4) is 0 Å². The third-order valence-corrected chi connectivity index (χ3v) is 3.26. The van der Waals surface area contributed by atoms with E-state index in [2.05, 4.69) is 4.98 Å². The zero-order valence-corrected chi connectivity index (χ0v) is 12.3. The first-order valence-electron chi connectivity index (χ1n) is 6.70. The molecule has 0 bridgehead atoms. The van der Waals surface area contributed by atoms with Crippen molar-refractivity contribution in [1.29, 1.82) is 0 Å². The lowest BCUT2D eigenvalue weighted by Crippen LogP contribution is -2.13. The number of hydrogen-bond acceptors (Lipinski definition) is 2. The number of aryl methyl sites for hydroxylation is 1. The van der Waals surface area contributed by atoms with Crippen molar-refractivity contribution in [3.63, 3.8) is 0 Å². The Morgan fingerprint density at radius 3 is 2.71 bits per heavy atom. The van der Waals surface area contributed by atoms with E-state index in [4.69, 9.17) is 16.3 Å². The van der Waals surface area contributed by atoms with E-state index in [0.717, 1.165) is 6.42 Å². The SMILES string of the molecule is CCCOc1cccc2c1nc(CCl)n2CCC(F)(F)F. The number of nitrogens with zero attached hydrogens (tertiary/aromatic N) is 2. The largest absolute Gasteiger partial charge is 0.491 e. The van der Waals surface area contributed by atoms with Crippen molar-refractivity contribution in [2.24, 2.45) is 0 Å². The lowest BCUT2D eigenvalue weighted by Gasteiger charge is -2.10. The predicted octanol–water partition coefficient (Wildman–Crippen LogP) is 4.52. The van der Waals surface area contributed by atoms with Gasteiger partial charge >= 0.3 is 6.18 Å². The maximum atomic E-state index is 12.4. The van der Waals surface area contributed by atoms with E-state index in [0.29, 0.717) is 29.2 Å². The van der Waals surface area contributed by atoms with Gasteiger partial charge in [0.15, 0.2) is 0 Å². The molecule has 0 aliphatic carbocycles. The molecule has 0 atom stereocenters. The van der Waals surface area contributed by atoms with Gasteiger partial charge in [-0.15, -0.1) is 11.6 Å². The average molecular weight is 321 g/mol. The number of rotatable bonds is 6. The van der Waals surface area contributed by atoms with Gasteiger partial charge in [0.05, 0.1) is 24.4 Å². The van der Waals surface area contributed by atoms with Crippen LogP contribution in [0, 0.1) is 0 Å². The van der Waals surface area contributed by atoms with E-state index in [9.17, 15) is 13.2 Å². The first-order valence-corrected chi connectivity index (χ1v) is 7.23. The van der Waals surface area contributed by atoms with Crippen molar-refractivity contribution >= 4 is 22.6 Å². The summed E-state index contributed by atoms with van der Waals surface area (Å²) in [4.78, 5) is 4.32. The molecule has 0 saturated carbocycles. The van der Waals surface area contributed by atoms with Gasteiger partial charge in [-0.3, -0.25) is 0 Å². The van der Waals surface area contributed by atoms with Gasteiger partial charge in [-0.1, -0.05) is 13.0 Å². The summed E-state index contributed by atoms with van der Waals surface area (Å²) >= 11 is 5.80. The van der Waals surface area contributed by atoms with Crippen molar-refractivity contribution in [2.45, 2.75) is 38.4 Å². The Bertz CT molecular complexity index is 610. The van der Waals surface area contributed by atoms with Crippen LogP contribution in [-0.4, -0.2) is 22.3 Å². The minimum absolute atomic E-state index is 0.0553. The zero-order chi connectivity index (χ0) is 15.5.